The Morgan fingerprint density at radius 1 is 1.22 bits per heavy atom. The Bertz CT molecular complexity index is 1360. The molecule has 2 fully saturated rings. The molecule has 6 rings (SSSR count). The summed E-state index contributed by atoms with van der Waals surface area (Å²) < 4.78 is 9.25. The van der Waals surface area contributed by atoms with Crippen LogP contribution in [0.15, 0.2) is 35.5 Å². The van der Waals surface area contributed by atoms with Crippen LogP contribution in [0.5, 0.6) is 5.75 Å². The fourth-order valence-corrected chi connectivity index (χ4v) is 5.22. The van der Waals surface area contributed by atoms with Crippen LogP contribution in [0.1, 0.15) is 37.3 Å². The highest BCUT2D eigenvalue weighted by atomic mass is 16.5. The van der Waals surface area contributed by atoms with Gasteiger partial charge in [0.15, 0.2) is 11.4 Å². The number of imidazole rings is 1. The standard InChI is InChI=1S/C24H28N6O2/c1-15-8-21-20(10-19(15)17-9-22(32-2)23-25-14-26-29(23)12-17)27-24(31)30(21)18-4-3-7-28(13-18)11-16-5-6-16/h8-10,12,14,16,18H,3-7,11,13H2,1-2H3,(H,27,31)/t18-/m1/s1. The minimum atomic E-state index is -0.0147. The Balaban J connectivity index is 1.40. The van der Waals surface area contributed by atoms with Crippen LogP contribution in [0.3, 0.4) is 0 Å². The van der Waals surface area contributed by atoms with Crippen LogP contribution in [-0.2, 0) is 0 Å². The molecule has 1 atom stereocenters. The van der Waals surface area contributed by atoms with E-state index in [9.17, 15) is 4.79 Å². The van der Waals surface area contributed by atoms with Gasteiger partial charge in [0.05, 0.1) is 24.2 Å². The number of pyridine rings is 1. The molecular weight excluding hydrogens is 404 g/mol. The molecule has 0 spiro atoms. The molecule has 3 aromatic heterocycles. The number of piperidine rings is 1. The van der Waals surface area contributed by atoms with Crippen LogP contribution >= 0.6 is 0 Å². The Kier molecular flexibility index (Phi) is 4.57. The number of aromatic nitrogens is 5. The van der Waals surface area contributed by atoms with Crippen molar-refractivity contribution in [3.63, 3.8) is 0 Å². The monoisotopic (exact) mass is 432 g/mol. The Hall–Kier alpha value is -3.13. The molecule has 0 bridgehead atoms. The van der Waals surface area contributed by atoms with Gasteiger partial charge in [-0.25, -0.2) is 14.3 Å². The van der Waals surface area contributed by atoms with Gasteiger partial charge in [-0.15, -0.1) is 0 Å². The fraction of sp³-hybridized carbons (Fsp3) is 0.458. The van der Waals surface area contributed by atoms with E-state index >= 15 is 0 Å². The minimum absolute atomic E-state index is 0.0147. The largest absolute Gasteiger partial charge is 0.493 e. The highest BCUT2D eigenvalue weighted by molar-refractivity contribution is 5.85. The lowest BCUT2D eigenvalue weighted by Gasteiger charge is -2.33. The second-order valence-corrected chi connectivity index (χ2v) is 9.31. The number of aryl methyl sites for hydroxylation is 1. The van der Waals surface area contributed by atoms with Gasteiger partial charge in [-0.1, -0.05) is 0 Å². The van der Waals surface area contributed by atoms with Gasteiger partial charge in [-0.05, 0) is 74.4 Å². The summed E-state index contributed by atoms with van der Waals surface area (Å²) in [5.41, 5.74) is 5.65. The zero-order chi connectivity index (χ0) is 21.8. The first kappa shape index (κ1) is 19.5. The molecule has 0 unspecified atom stereocenters. The summed E-state index contributed by atoms with van der Waals surface area (Å²) in [7, 11) is 1.64. The van der Waals surface area contributed by atoms with Crippen molar-refractivity contribution in [1.82, 2.24) is 29.0 Å². The van der Waals surface area contributed by atoms with Gasteiger partial charge < -0.3 is 14.6 Å². The van der Waals surface area contributed by atoms with Gasteiger partial charge in [-0.3, -0.25) is 4.57 Å². The number of hydrogen-bond acceptors (Lipinski definition) is 5. The SMILES string of the molecule is COc1cc(-c2cc3[nH]c(=O)n([C@@H]4CCCN(CC5CC5)C4)c3cc2C)cn2ncnc12. The maximum atomic E-state index is 13.0. The topological polar surface area (TPSA) is 80.5 Å². The Labute approximate surface area is 185 Å². The van der Waals surface area contributed by atoms with Gasteiger partial charge in [0.25, 0.3) is 0 Å². The lowest BCUT2D eigenvalue weighted by Crippen LogP contribution is -2.40. The third kappa shape index (κ3) is 3.30. The molecule has 8 nitrogen and oxygen atoms in total. The molecule has 4 aromatic rings. The third-order valence-corrected chi connectivity index (χ3v) is 6.99. The van der Waals surface area contributed by atoms with Crippen LogP contribution in [-0.4, -0.2) is 55.8 Å². The first-order chi connectivity index (χ1) is 15.6. The molecule has 2 aliphatic rings. The number of methoxy groups -OCH3 is 1. The van der Waals surface area contributed by atoms with E-state index in [2.05, 4.69) is 39.0 Å². The summed E-state index contributed by atoms with van der Waals surface area (Å²) >= 11 is 0. The lowest BCUT2D eigenvalue weighted by molar-refractivity contribution is 0.171. The van der Waals surface area contributed by atoms with E-state index in [4.69, 9.17) is 4.74 Å². The van der Waals surface area contributed by atoms with Crippen molar-refractivity contribution in [3.05, 3.63) is 46.8 Å². The van der Waals surface area contributed by atoms with Gasteiger partial charge in [0.2, 0.25) is 0 Å². The molecule has 8 heteroatoms. The van der Waals surface area contributed by atoms with E-state index in [-0.39, 0.29) is 11.7 Å². The number of benzene rings is 1. The Morgan fingerprint density at radius 2 is 2.09 bits per heavy atom. The van der Waals surface area contributed by atoms with Gasteiger partial charge in [-0.2, -0.15) is 5.10 Å². The van der Waals surface area contributed by atoms with Crippen LogP contribution in [0.4, 0.5) is 0 Å². The van der Waals surface area contributed by atoms with Crippen molar-refractivity contribution in [2.24, 2.45) is 5.92 Å². The van der Waals surface area contributed by atoms with Crippen LogP contribution in [0.25, 0.3) is 27.8 Å². The molecule has 1 aliphatic heterocycles. The van der Waals surface area contributed by atoms with Crippen molar-refractivity contribution in [2.75, 3.05) is 26.7 Å². The Morgan fingerprint density at radius 3 is 2.91 bits per heavy atom. The molecular formula is C24H28N6O2. The van der Waals surface area contributed by atoms with E-state index in [1.54, 1.807) is 11.6 Å². The van der Waals surface area contributed by atoms with E-state index < -0.39 is 0 Å². The van der Waals surface area contributed by atoms with Crippen LogP contribution in [0.2, 0.25) is 0 Å². The second kappa shape index (κ2) is 7.48. The summed E-state index contributed by atoms with van der Waals surface area (Å²) in [4.78, 5) is 23.0. The predicted molar refractivity (Wildman–Crippen MR) is 123 cm³/mol. The molecule has 1 N–H and O–H groups in total. The fourth-order valence-electron chi connectivity index (χ4n) is 5.22. The van der Waals surface area contributed by atoms with Crippen molar-refractivity contribution < 1.29 is 4.74 Å². The first-order valence-electron chi connectivity index (χ1n) is 11.5. The van der Waals surface area contributed by atoms with E-state index in [0.29, 0.717) is 11.4 Å². The van der Waals surface area contributed by atoms with Crippen LogP contribution < -0.4 is 10.4 Å². The second-order valence-electron chi connectivity index (χ2n) is 9.31. The highest BCUT2D eigenvalue weighted by Crippen LogP contribution is 2.34. The zero-order valence-electron chi connectivity index (χ0n) is 18.5. The zero-order valence-corrected chi connectivity index (χ0v) is 18.5. The summed E-state index contributed by atoms with van der Waals surface area (Å²) in [6, 6.07) is 6.41. The number of rotatable bonds is 5. The van der Waals surface area contributed by atoms with E-state index in [0.717, 1.165) is 59.6 Å². The van der Waals surface area contributed by atoms with Gasteiger partial charge >= 0.3 is 5.69 Å². The normalized spacial score (nSPS) is 19.8. The molecule has 0 radical (unpaired) electrons. The average molecular weight is 433 g/mol. The quantitative estimate of drug-likeness (QED) is 0.523. The number of likely N-dealkylation sites (tertiary alicyclic amines) is 1. The lowest BCUT2D eigenvalue weighted by atomic mass is 10.00. The van der Waals surface area contributed by atoms with Crippen LogP contribution in [0, 0.1) is 12.8 Å². The summed E-state index contributed by atoms with van der Waals surface area (Å²) in [6.45, 7) is 5.39. The molecule has 0 amide bonds. The minimum Gasteiger partial charge on any atom is -0.493 e. The maximum absolute atomic E-state index is 13.0. The summed E-state index contributed by atoms with van der Waals surface area (Å²) in [6.07, 6.45) is 8.39. The highest BCUT2D eigenvalue weighted by Gasteiger charge is 2.29. The molecule has 1 aliphatic carbocycles. The number of hydrogen-bond donors (Lipinski definition) is 1. The smallest absolute Gasteiger partial charge is 0.326 e. The molecule has 166 valence electrons. The summed E-state index contributed by atoms with van der Waals surface area (Å²) in [5, 5.41) is 4.28. The maximum Gasteiger partial charge on any atom is 0.326 e. The number of ether oxygens (including phenoxy) is 1. The molecule has 1 aromatic carbocycles. The van der Waals surface area contributed by atoms with Crippen molar-refractivity contribution >= 4 is 16.7 Å². The van der Waals surface area contributed by atoms with Crippen molar-refractivity contribution in [3.8, 4) is 16.9 Å². The number of aromatic amines is 1. The molecule has 4 heterocycles. The molecule has 1 saturated carbocycles. The predicted octanol–water partition coefficient (Wildman–Crippen LogP) is 3.40. The van der Waals surface area contributed by atoms with Crippen molar-refractivity contribution in [1.29, 1.82) is 0 Å². The van der Waals surface area contributed by atoms with Crippen molar-refractivity contribution in [2.45, 2.75) is 38.6 Å². The number of fused-ring (bicyclic) bond motifs is 2. The van der Waals surface area contributed by atoms with E-state index in [1.807, 2.05) is 16.8 Å². The van der Waals surface area contributed by atoms with E-state index in [1.165, 1.54) is 25.7 Å². The molecule has 1 saturated heterocycles. The van der Waals surface area contributed by atoms with Gasteiger partial charge in [0, 0.05) is 24.8 Å². The number of H-pyrrole nitrogens is 1. The summed E-state index contributed by atoms with van der Waals surface area (Å²) in [5.74, 6) is 1.54. The van der Waals surface area contributed by atoms with Gasteiger partial charge in [0.1, 0.15) is 6.33 Å². The molecule has 32 heavy (non-hydrogen) atoms. The average Bonchev–Trinajstić information content (AvgIpc) is 3.36. The number of nitrogens with zero attached hydrogens (tertiary/aromatic N) is 5. The third-order valence-electron chi connectivity index (χ3n) is 6.99. The number of nitrogens with one attached hydrogen (secondary N) is 1. The first-order valence-corrected chi connectivity index (χ1v) is 11.5.